The molecule has 0 radical (unpaired) electrons. The van der Waals surface area contributed by atoms with Crippen LogP contribution < -0.4 is 4.90 Å². The van der Waals surface area contributed by atoms with E-state index in [1.807, 2.05) is 17.4 Å². The fourth-order valence-electron chi connectivity index (χ4n) is 4.76. The quantitative estimate of drug-likeness (QED) is 0.237. The van der Waals surface area contributed by atoms with Crippen LogP contribution in [0.3, 0.4) is 0 Å². The van der Waals surface area contributed by atoms with E-state index in [1.54, 1.807) is 11.3 Å². The lowest BCUT2D eigenvalue weighted by molar-refractivity contribution is 1.30. The summed E-state index contributed by atoms with van der Waals surface area (Å²) in [6, 6.07) is 39.0. The summed E-state index contributed by atoms with van der Waals surface area (Å²) in [6.07, 6.45) is 0. The standard InChI is InChI=1S/C30H18ClNS2/c31-19-10-13-25-26-17-21(12-15-28(26)34-29(25)16-19)32(20-6-2-1-3-7-20)22-11-14-24-23-8-4-5-9-27(23)33-30(24)18-22/h1-18H. The largest absolute Gasteiger partial charge is 0.310 e. The van der Waals surface area contributed by atoms with Gasteiger partial charge in [-0.3, -0.25) is 0 Å². The van der Waals surface area contributed by atoms with Gasteiger partial charge in [-0.1, -0.05) is 60.1 Å². The Morgan fingerprint density at radius 3 is 1.94 bits per heavy atom. The third kappa shape index (κ3) is 3.20. The molecule has 2 aromatic heterocycles. The van der Waals surface area contributed by atoms with E-state index in [9.17, 15) is 0 Å². The van der Waals surface area contributed by atoms with Crippen molar-refractivity contribution in [1.82, 2.24) is 0 Å². The van der Waals surface area contributed by atoms with E-state index in [4.69, 9.17) is 11.6 Å². The molecule has 0 N–H and O–H groups in total. The highest BCUT2D eigenvalue weighted by atomic mass is 35.5. The third-order valence-electron chi connectivity index (χ3n) is 6.31. The van der Waals surface area contributed by atoms with Gasteiger partial charge in [-0.05, 0) is 60.7 Å². The van der Waals surface area contributed by atoms with E-state index in [0.717, 1.165) is 22.1 Å². The van der Waals surface area contributed by atoms with Crippen LogP contribution in [0.2, 0.25) is 5.02 Å². The maximum Gasteiger partial charge on any atom is 0.0476 e. The summed E-state index contributed by atoms with van der Waals surface area (Å²) in [7, 11) is 0. The number of rotatable bonds is 3. The summed E-state index contributed by atoms with van der Waals surface area (Å²) in [5.41, 5.74) is 3.45. The van der Waals surface area contributed by atoms with Crippen molar-refractivity contribution in [2.45, 2.75) is 0 Å². The third-order valence-corrected chi connectivity index (χ3v) is 8.81. The minimum absolute atomic E-state index is 0.779. The fourth-order valence-corrected chi connectivity index (χ4v) is 7.26. The topological polar surface area (TPSA) is 3.24 Å². The van der Waals surface area contributed by atoms with Crippen LogP contribution in [0.1, 0.15) is 0 Å². The van der Waals surface area contributed by atoms with Crippen LogP contribution >= 0.6 is 34.3 Å². The van der Waals surface area contributed by atoms with E-state index in [2.05, 4.69) is 108 Å². The summed E-state index contributed by atoms with van der Waals surface area (Å²) >= 11 is 9.91. The van der Waals surface area contributed by atoms with Gasteiger partial charge in [0.15, 0.2) is 0 Å². The van der Waals surface area contributed by atoms with Crippen molar-refractivity contribution in [3.8, 4) is 0 Å². The number of hydrogen-bond acceptors (Lipinski definition) is 3. The van der Waals surface area contributed by atoms with Gasteiger partial charge in [-0.2, -0.15) is 0 Å². The summed E-state index contributed by atoms with van der Waals surface area (Å²) in [6.45, 7) is 0. The van der Waals surface area contributed by atoms with Gasteiger partial charge >= 0.3 is 0 Å². The summed E-state index contributed by atoms with van der Waals surface area (Å²) in [5.74, 6) is 0. The molecule has 34 heavy (non-hydrogen) atoms. The lowest BCUT2D eigenvalue weighted by Gasteiger charge is -2.25. The highest BCUT2D eigenvalue weighted by Crippen LogP contribution is 2.43. The Morgan fingerprint density at radius 2 is 1.06 bits per heavy atom. The molecule has 4 heteroatoms. The first kappa shape index (κ1) is 20.0. The van der Waals surface area contributed by atoms with Crippen molar-refractivity contribution >= 4 is 91.7 Å². The fraction of sp³-hybridized carbons (Fsp3) is 0. The zero-order chi connectivity index (χ0) is 22.6. The molecular formula is C30H18ClNS2. The number of para-hydroxylation sites is 1. The number of thiophene rings is 2. The number of halogens is 1. The Labute approximate surface area is 210 Å². The summed E-state index contributed by atoms with van der Waals surface area (Å²) < 4.78 is 5.12. The van der Waals surface area contributed by atoms with E-state index in [0.29, 0.717) is 0 Å². The van der Waals surface area contributed by atoms with Gasteiger partial charge in [0.05, 0.1) is 0 Å². The molecule has 0 aliphatic rings. The molecule has 7 aromatic rings. The van der Waals surface area contributed by atoms with Crippen molar-refractivity contribution in [3.63, 3.8) is 0 Å². The summed E-state index contributed by atoms with van der Waals surface area (Å²) in [4.78, 5) is 2.35. The Balaban J connectivity index is 1.45. The molecule has 0 aliphatic carbocycles. The first-order valence-electron chi connectivity index (χ1n) is 11.1. The molecule has 0 saturated carbocycles. The normalized spacial score (nSPS) is 11.7. The minimum Gasteiger partial charge on any atom is -0.310 e. The predicted molar refractivity (Wildman–Crippen MR) is 152 cm³/mol. The first-order chi connectivity index (χ1) is 16.7. The van der Waals surface area contributed by atoms with E-state index < -0.39 is 0 Å². The first-order valence-corrected chi connectivity index (χ1v) is 13.1. The second-order valence-electron chi connectivity index (χ2n) is 8.37. The van der Waals surface area contributed by atoms with Crippen LogP contribution in [0.4, 0.5) is 17.1 Å². The van der Waals surface area contributed by atoms with Crippen LogP contribution in [0.15, 0.2) is 109 Å². The van der Waals surface area contributed by atoms with Crippen molar-refractivity contribution in [2.75, 3.05) is 4.90 Å². The molecule has 2 heterocycles. The van der Waals surface area contributed by atoms with Crippen LogP contribution in [0.25, 0.3) is 40.3 Å². The molecule has 0 atom stereocenters. The minimum atomic E-state index is 0.779. The van der Waals surface area contributed by atoms with Gasteiger partial charge in [-0.15, -0.1) is 22.7 Å². The van der Waals surface area contributed by atoms with Crippen LogP contribution in [0, 0.1) is 0 Å². The van der Waals surface area contributed by atoms with Crippen LogP contribution in [0.5, 0.6) is 0 Å². The van der Waals surface area contributed by atoms with Crippen molar-refractivity contribution in [1.29, 1.82) is 0 Å². The maximum atomic E-state index is 6.26. The second-order valence-corrected chi connectivity index (χ2v) is 11.0. The lowest BCUT2D eigenvalue weighted by atomic mass is 10.1. The van der Waals surface area contributed by atoms with Crippen molar-refractivity contribution < 1.29 is 0 Å². The molecule has 5 aromatic carbocycles. The molecule has 0 fully saturated rings. The molecule has 0 aliphatic heterocycles. The molecule has 1 nitrogen and oxygen atoms in total. The number of nitrogens with zero attached hydrogens (tertiary/aromatic N) is 1. The van der Waals surface area contributed by atoms with Crippen LogP contribution in [-0.4, -0.2) is 0 Å². The van der Waals surface area contributed by atoms with Gasteiger partial charge in [0.1, 0.15) is 0 Å². The Morgan fingerprint density at radius 1 is 0.441 bits per heavy atom. The van der Waals surface area contributed by atoms with Gasteiger partial charge in [-0.25, -0.2) is 0 Å². The molecule has 0 saturated heterocycles. The second kappa shape index (κ2) is 7.85. The Hall–Kier alpha value is -3.37. The van der Waals surface area contributed by atoms with Gasteiger partial charge in [0.2, 0.25) is 0 Å². The zero-order valence-corrected chi connectivity index (χ0v) is 20.4. The lowest BCUT2D eigenvalue weighted by Crippen LogP contribution is -2.09. The van der Waals surface area contributed by atoms with Gasteiger partial charge < -0.3 is 4.90 Å². The Bertz CT molecular complexity index is 1830. The number of benzene rings is 5. The van der Waals surface area contributed by atoms with Gasteiger partial charge in [0.25, 0.3) is 0 Å². The van der Waals surface area contributed by atoms with Crippen LogP contribution in [-0.2, 0) is 0 Å². The average molecular weight is 492 g/mol. The molecular weight excluding hydrogens is 474 g/mol. The molecule has 0 unspecified atom stereocenters. The van der Waals surface area contributed by atoms with Crippen molar-refractivity contribution in [3.05, 3.63) is 114 Å². The maximum absolute atomic E-state index is 6.26. The van der Waals surface area contributed by atoms with Crippen molar-refractivity contribution in [2.24, 2.45) is 0 Å². The van der Waals surface area contributed by atoms with E-state index in [-0.39, 0.29) is 0 Å². The number of anilines is 3. The SMILES string of the molecule is Clc1ccc2c(c1)sc1ccc(N(c3ccccc3)c3ccc4c(c3)sc3ccccc34)cc12. The molecule has 162 valence electrons. The average Bonchev–Trinajstić information content (AvgIpc) is 3.42. The molecule has 7 rings (SSSR count). The van der Waals surface area contributed by atoms with Gasteiger partial charge in [0, 0.05) is 62.4 Å². The number of hydrogen-bond donors (Lipinski definition) is 0. The van der Waals surface area contributed by atoms with E-state index in [1.165, 1.54) is 40.3 Å². The highest BCUT2D eigenvalue weighted by Gasteiger charge is 2.16. The molecule has 0 spiro atoms. The monoisotopic (exact) mass is 491 g/mol. The smallest absolute Gasteiger partial charge is 0.0476 e. The Kier molecular flexibility index (Phi) is 4.63. The zero-order valence-electron chi connectivity index (χ0n) is 18.0. The highest BCUT2D eigenvalue weighted by molar-refractivity contribution is 7.26. The predicted octanol–water partition coefficient (Wildman–Crippen LogP) is 10.5. The summed E-state index contributed by atoms with van der Waals surface area (Å²) in [5, 5.41) is 5.93. The molecule has 0 bridgehead atoms. The molecule has 0 amide bonds. The van der Waals surface area contributed by atoms with E-state index >= 15 is 0 Å². The number of fused-ring (bicyclic) bond motifs is 6.